The lowest BCUT2D eigenvalue weighted by Crippen LogP contribution is -2.30. The van der Waals surface area contributed by atoms with Crippen LogP contribution in [0.25, 0.3) is 0 Å². The standard InChI is InChI=1S/C13H13BrF4O3/c1-3-8(14)11(19)7-4-5-9(10(6-7)20-2)21-12(15)13(16,17)18/h4-6,8,12H,3H2,1-2H3. The summed E-state index contributed by atoms with van der Waals surface area (Å²) in [5.41, 5.74) is 0.227. The van der Waals surface area contributed by atoms with Crippen LogP contribution in [0.15, 0.2) is 18.2 Å². The maximum absolute atomic E-state index is 12.9. The van der Waals surface area contributed by atoms with E-state index in [0.717, 1.165) is 6.07 Å². The molecule has 0 saturated carbocycles. The van der Waals surface area contributed by atoms with Crippen molar-refractivity contribution in [2.24, 2.45) is 0 Å². The number of alkyl halides is 5. The van der Waals surface area contributed by atoms with Crippen LogP contribution in [0.4, 0.5) is 17.6 Å². The van der Waals surface area contributed by atoms with Gasteiger partial charge < -0.3 is 9.47 Å². The lowest BCUT2D eigenvalue weighted by Gasteiger charge is -2.17. The molecule has 1 rings (SSSR count). The van der Waals surface area contributed by atoms with E-state index in [1.165, 1.54) is 19.2 Å². The molecule has 2 atom stereocenters. The fourth-order valence-corrected chi connectivity index (χ4v) is 1.73. The summed E-state index contributed by atoms with van der Waals surface area (Å²) in [6, 6.07) is 3.54. The smallest absolute Gasteiger partial charge is 0.457 e. The molecule has 0 N–H and O–H groups in total. The summed E-state index contributed by atoms with van der Waals surface area (Å²) in [7, 11) is 1.18. The molecule has 0 heterocycles. The average molecular weight is 373 g/mol. The van der Waals surface area contributed by atoms with Gasteiger partial charge in [-0.25, -0.2) is 0 Å². The third-order valence-electron chi connectivity index (χ3n) is 2.58. The van der Waals surface area contributed by atoms with Crippen molar-refractivity contribution in [3.05, 3.63) is 23.8 Å². The van der Waals surface area contributed by atoms with E-state index in [-0.39, 0.29) is 17.1 Å². The van der Waals surface area contributed by atoms with Gasteiger partial charge >= 0.3 is 12.5 Å². The Morgan fingerprint density at radius 1 is 1.33 bits per heavy atom. The second-order valence-corrected chi connectivity index (χ2v) is 5.19. The van der Waals surface area contributed by atoms with Crippen molar-refractivity contribution < 1.29 is 31.8 Å². The number of benzene rings is 1. The van der Waals surface area contributed by atoms with Crippen molar-refractivity contribution in [2.45, 2.75) is 30.7 Å². The molecule has 0 aliphatic heterocycles. The molecule has 0 saturated heterocycles. The first kappa shape index (κ1) is 17.7. The van der Waals surface area contributed by atoms with Crippen LogP contribution in [0.3, 0.4) is 0 Å². The van der Waals surface area contributed by atoms with E-state index in [4.69, 9.17) is 4.74 Å². The second-order valence-electron chi connectivity index (χ2n) is 4.08. The number of Topliss-reactive ketones (excluding diaryl/α,β-unsaturated/α-hetero) is 1. The second kappa shape index (κ2) is 7.11. The molecule has 118 valence electrons. The number of halogens is 5. The van der Waals surface area contributed by atoms with Crippen LogP contribution >= 0.6 is 15.9 Å². The molecule has 0 aliphatic carbocycles. The molecule has 0 fully saturated rings. The molecule has 2 unspecified atom stereocenters. The van der Waals surface area contributed by atoms with Crippen LogP contribution in [0.5, 0.6) is 11.5 Å². The summed E-state index contributed by atoms with van der Waals surface area (Å²) in [5, 5.41) is 0. The van der Waals surface area contributed by atoms with E-state index >= 15 is 0 Å². The number of carbonyl (C=O) groups is 1. The maximum Gasteiger partial charge on any atom is 0.457 e. The topological polar surface area (TPSA) is 35.5 Å². The maximum atomic E-state index is 12.9. The van der Waals surface area contributed by atoms with Gasteiger partial charge in [-0.3, -0.25) is 4.79 Å². The van der Waals surface area contributed by atoms with E-state index in [0.29, 0.717) is 6.42 Å². The number of methoxy groups -OCH3 is 1. The van der Waals surface area contributed by atoms with Gasteiger partial charge in [0.15, 0.2) is 17.3 Å². The molecular weight excluding hydrogens is 360 g/mol. The largest absolute Gasteiger partial charge is 0.493 e. The summed E-state index contributed by atoms with van der Waals surface area (Å²) in [4.78, 5) is 11.5. The van der Waals surface area contributed by atoms with Gasteiger partial charge in [0.25, 0.3) is 0 Å². The Balaban J connectivity index is 3.02. The minimum absolute atomic E-state index is 0.149. The zero-order chi connectivity index (χ0) is 16.2. The van der Waals surface area contributed by atoms with Gasteiger partial charge in [0, 0.05) is 5.56 Å². The summed E-state index contributed by atoms with van der Waals surface area (Å²) in [6.45, 7) is 1.79. The minimum Gasteiger partial charge on any atom is -0.493 e. The van der Waals surface area contributed by atoms with Crippen molar-refractivity contribution in [1.29, 1.82) is 0 Å². The first-order valence-electron chi connectivity index (χ1n) is 5.94. The van der Waals surface area contributed by atoms with Gasteiger partial charge in [0.1, 0.15) is 0 Å². The molecule has 0 amide bonds. The van der Waals surface area contributed by atoms with Gasteiger partial charge in [-0.1, -0.05) is 22.9 Å². The molecule has 8 heteroatoms. The quantitative estimate of drug-likeness (QED) is 0.424. The van der Waals surface area contributed by atoms with Crippen LogP contribution in [-0.4, -0.2) is 30.3 Å². The van der Waals surface area contributed by atoms with Crippen LogP contribution in [0.2, 0.25) is 0 Å². The predicted molar refractivity (Wildman–Crippen MR) is 71.9 cm³/mol. The van der Waals surface area contributed by atoms with E-state index in [9.17, 15) is 22.4 Å². The Labute approximate surface area is 127 Å². The van der Waals surface area contributed by atoms with Gasteiger partial charge in [0.05, 0.1) is 11.9 Å². The Hall–Kier alpha value is -1.31. The highest BCUT2D eigenvalue weighted by molar-refractivity contribution is 9.10. The molecule has 0 aliphatic rings. The van der Waals surface area contributed by atoms with Gasteiger partial charge in [0.2, 0.25) is 0 Å². The van der Waals surface area contributed by atoms with E-state index in [1.54, 1.807) is 6.92 Å². The van der Waals surface area contributed by atoms with Crippen LogP contribution in [-0.2, 0) is 0 Å². The van der Waals surface area contributed by atoms with Gasteiger partial charge in [-0.05, 0) is 24.6 Å². The Morgan fingerprint density at radius 2 is 1.95 bits per heavy atom. The zero-order valence-electron chi connectivity index (χ0n) is 11.2. The lowest BCUT2D eigenvalue weighted by molar-refractivity contribution is -0.236. The highest BCUT2D eigenvalue weighted by Crippen LogP contribution is 2.33. The van der Waals surface area contributed by atoms with Crippen molar-refractivity contribution in [1.82, 2.24) is 0 Å². The third-order valence-corrected chi connectivity index (χ3v) is 3.64. The lowest BCUT2D eigenvalue weighted by atomic mass is 10.1. The van der Waals surface area contributed by atoms with Gasteiger partial charge in [-0.15, -0.1) is 0 Å². The van der Waals surface area contributed by atoms with Crippen molar-refractivity contribution in [3.63, 3.8) is 0 Å². The summed E-state index contributed by atoms with van der Waals surface area (Å²) in [6.07, 6.45) is -8.06. The molecule has 3 nitrogen and oxygen atoms in total. The average Bonchev–Trinajstić information content (AvgIpc) is 2.44. The highest BCUT2D eigenvalue weighted by Gasteiger charge is 2.43. The molecule has 1 aromatic rings. The Morgan fingerprint density at radius 3 is 2.43 bits per heavy atom. The SMILES string of the molecule is CCC(Br)C(=O)c1ccc(OC(F)C(F)(F)F)c(OC)c1. The number of hydrogen-bond acceptors (Lipinski definition) is 3. The Bertz CT molecular complexity index is 505. The number of ether oxygens (including phenoxy) is 2. The number of carbonyl (C=O) groups excluding carboxylic acids is 1. The Kier molecular flexibility index (Phi) is 6.00. The van der Waals surface area contributed by atoms with E-state index < -0.39 is 23.1 Å². The fourth-order valence-electron chi connectivity index (χ4n) is 1.46. The number of hydrogen-bond donors (Lipinski definition) is 0. The summed E-state index contributed by atoms with van der Waals surface area (Å²) in [5.74, 6) is -0.833. The normalized spacial score (nSPS) is 14.4. The van der Waals surface area contributed by atoms with Gasteiger partial charge in [-0.2, -0.15) is 17.6 Å². The fraction of sp³-hybridized carbons (Fsp3) is 0.462. The molecule has 0 aromatic heterocycles. The van der Waals surface area contributed by atoms with Crippen LogP contribution < -0.4 is 9.47 Å². The number of rotatable bonds is 6. The molecule has 0 bridgehead atoms. The van der Waals surface area contributed by atoms with Crippen LogP contribution in [0, 0.1) is 0 Å². The molecule has 0 radical (unpaired) electrons. The van der Waals surface area contributed by atoms with E-state index in [1.807, 2.05) is 0 Å². The predicted octanol–water partition coefficient (Wildman–Crippen LogP) is 4.29. The monoisotopic (exact) mass is 372 g/mol. The molecule has 0 spiro atoms. The third kappa shape index (κ3) is 4.59. The van der Waals surface area contributed by atoms with Crippen molar-refractivity contribution in [3.8, 4) is 11.5 Å². The molecule has 1 aromatic carbocycles. The van der Waals surface area contributed by atoms with Crippen molar-refractivity contribution in [2.75, 3.05) is 7.11 Å². The van der Waals surface area contributed by atoms with Crippen LogP contribution in [0.1, 0.15) is 23.7 Å². The highest BCUT2D eigenvalue weighted by atomic mass is 79.9. The zero-order valence-corrected chi connectivity index (χ0v) is 12.8. The summed E-state index contributed by atoms with van der Waals surface area (Å²) >= 11 is 3.18. The van der Waals surface area contributed by atoms with E-state index in [2.05, 4.69) is 20.7 Å². The minimum atomic E-state index is -5.14. The summed E-state index contributed by atoms with van der Waals surface area (Å²) < 4.78 is 58.3. The van der Waals surface area contributed by atoms with Crippen molar-refractivity contribution >= 4 is 21.7 Å². The molecular formula is C13H13BrF4O3. The first-order chi connectivity index (χ1) is 9.70. The first-order valence-corrected chi connectivity index (χ1v) is 6.86. The number of ketones is 1. The molecule has 21 heavy (non-hydrogen) atoms.